The van der Waals surface area contributed by atoms with Crippen LogP contribution in [0.2, 0.25) is 0 Å². The van der Waals surface area contributed by atoms with Gasteiger partial charge in [0.2, 0.25) is 0 Å². The van der Waals surface area contributed by atoms with Crippen LogP contribution in [0.1, 0.15) is 27.7 Å². The van der Waals surface area contributed by atoms with Crippen LogP contribution in [0.15, 0.2) is 52.5 Å². The van der Waals surface area contributed by atoms with Gasteiger partial charge in [0.25, 0.3) is 0 Å². The summed E-state index contributed by atoms with van der Waals surface area (Å²) in [6.07, 6.45) is 1.64. The van der Waals surface area contributed by atoms with E-state index in [0.29, 0.717) is 0 Å². The molecule has 6 heteroatoms. The highest BCUT2D eigenvalue weighted by molar-refractivity contribution is 8.00. The fraction of sp³-hybridized carbons (Fsp3) is 0.300. The molecule has 0 spiro atoms. The zero-order chi connectivity index (χ0) is 18.1. The maximum absolute atomic E-state index is 6.32. The minimum atomic E-state index is -0.398. The number of hydrogen-bond acceptors (Lipinski definition) is 5. The zero-order valence-electron chi connectivity index (χ0n) is 15.2. The van der Waals surface area contributed by atoms with Crippen molar-refractivity contribution in [1.29, 1.82) is 0 Å². The molecule has 26 heavy (non-hydrogen) atoms. The smallest absolute Gasteiger partial charge is 0.399 e. The quantitative estimate of drug-likeness (QED) is 0.478. The molecule has 0 saturated carbocycles. The van der Waals surface area contributed by atoms with Gasteiger partial charge in [-0.3, -0.25) is 0 Å². The Hall–Kier alpha value is -1.89. The molecule has 0 amide bonds. The third-order valence-corrected chi connectivity index (χ3v) is 6.87. The zero-order valence-corrected chi connectivity index (χ0v) is 16.1. The molecule has 2 aliphatic rings. The molecule has 0 unspecified atom stereocenters. The first-order valence-corrected chi connectivity index (χ1v) is 9.59. The first-order valence-electron chi connectivity index (χ1n) is 8.78. The summed E-state index contributed by atoms with van der Waals surface area (Å²) in [4.78, 5) is 11.4. The van der Waals surface area contributed by atoms with E-state index in [1.807, 2.05) is 6.07 Å². The van der Waals surface area contributed by atoms with Crippen LogP contribution >= 0.6 is 11.8 Å². The Labute approximate surface area is 157 Å². The molecule has 4 nitrogen and oxygen atoms in total. The topological polar surface area (TPSA) is 44.2 Å². The molecule has 0 N–H and O–H groups in total. The van der Waals surface area contributed by atoms with Crippen LogP contribution in [-0.4, -0.2) is 28.3 Å². The van der Waals surface area contributed by atoms with Crippen LogP contribution in [0.3, 0.4) is 0 Å². The van der Waals surface area contributed by atoms with Crippen LogP contribution in [0, 0.1) is 0 Å². The molecule has 0 radical (unpaired) electrons. The highest BCUT2D eigenvalue weighted by atomic mass is 32.2. The predicted octanol–water partition coefficient (Wildman–Crippen LogP) is 4.06. The van der Waals surface area contributed by atoms with Gasteiger partial charge in [-0.25, -0.2) is 9.97 Å². The van der Waals surface area contributed by atoms with Crippen molar-refractivity contribution in [3.05, 3.63) is 42.7 Å². The lowest BCUT2D eigenvalue weighted by Crippen LogP contribution is -2.41. The van der Waals surface area contributed by atoms with E-state index >= 15 is 0 Å². The van der Waals surface area contributed by atoms with Crippen LogP contribution in [0.25, 0.3) is 22.2 Å². The Morgan fingerprint density at radius 3 is 2.42 bits per heavy atom. The summed E-state index contributed by atoms with van der Waals surface area (Å²) in [5.41, 5.74) is 3.40. The molecule has 1 saturated heterocycles. The second-order valence-electron chi connectivity index (χ2n) is 7.79. The van der Waals surface area contributed by atoms with Crippen molar-refractivity contribution in [2.75, 3.05) is 0 Å². The molecule has 0 bridgehead atoms. The summed E-state index contributed by atoms with van der Waals surface area (Å²) in [6, 6.07) is 12.5. The van der Waals surface area contributed by atoms with Gasteiger partial charge in [-0.05, 0) is 45.3 Å². The van der Waals surface area contributed by atoms with Gasteiger partial charge in [0.1, 0.15) is 6.33 Å². The van der Waals surface area contributed by atoms with E-state index in [2.05, 4.69) is 68.0 Å². The van der Waals surface area contributed by atoms with Crippen molar-refractivity contribution in [3.63, 3.8) is 0 Å². The van der Waals surface area contributed by atoms with Crippen molar-refractivity contribution in [1.82, 2.24) is 9.97 Å². The molecule has 3 aromatic rings. The van der Waals surface area contributed by atoms with Crippen molar-refractivity contribution in [3.8, 4) is 11.3 Å². The Bertz CT molecular complexity index is 1040. The lowest BCUT2D eigenvalue weighted by Gasteiger charge is -2.32. The molecule has 1 aromatic heterocycles. The summed E-state index contributed by atoms with van der Waals surface area (Å²) in [7, 11) is -0.398. The largest absolute Gasteiger partial charge is 0.496 e. The highest BCUT2D eigenvalue weighted by Gasteiger charge is 2.52. The van der Waals surface area contributed by atoms with Crippen molar-refractivity contribution in [2.45, 2.75) is 48.7 Å². The number of fused-ring (bicyclic) bond motifs is 2. The van der Waals surface area contributed by atoms with Gasteiger partial charge in [-0.1, -0.05) is 36.0 Å². The van der Waals surface area contributed by atoms with E-state index in [4.69, 9.17) is 9.31 Å². The fourth-order valence-electron chi connectivity index (χ4n) is 3.47. The minimum Gasteiger partial charge on any atom is -0.399 e. The monoisotopic (exact) mass is 362 g/mol. The molecule has 130 valence electrons. The molecular formula is C20H19BN2O2S. The van der Waals surface area contributed by atoms with Crippen LogP contribution in [-0.2, 0) is 9.31 Å². The fourth-order valence-corrected chi connectivity index (χ4v) is 4.70. The number of hydrogen-bond donors (Lipinski definition) is 0. The number of aromatic nitrogens is 2. The van der Waals surface area contributed by atoms with E-state index in [-0.39, 0.29) is 11.2 Å². The SMILES string of the molecule is CC1(C)OB(c2ccc3ncnc4c3c2Sc2ccccc2-4)OC1(C)C. The summed E-state index contributed by atoms with van der Waals surface area (Å²) >= 11 is 1.75. The second-order valence-corrected chi connectivity index (χ2v) is 8.84. The van der Waals surface area contributed by atoms with E-state index in [1.165, 1.54) is 4.90 Å². The van der Waals surface area contributed by atoms with Gasteiger partial charge < -0.3 is 9.31 Å². The van der Waals surface area contributed by atoms with Crippen LogP contribution in [0.5, 0.6) is 0 Å². The van der Waals surface area contributed by atoms with E-state index in [0.717, 1.165) is 32.5 Å². The van der Waals surface area contributed by atoms with Crippen LogP contribution in [0.4, 0.5) is 0 Å². The summed E-state index contributed by atoms with van der Waals surface area (Å²) in [6.45, 7) is 8.32. The standard InChI is InChI=1S/C20H19BN2O2S/c1-19(2)20(3,4)25-21(24-19)13-9-10-14-16-17(23-11-22-14)12-7-5-6-8-15(12)26-18(13)16/h5-11H,1-4H3. The molecule has 5 rings (SSSR count). The third-order valence-electron chi connectivity index (χ3n) is 5.65. The Morgan fingerprint density at radius 1 is 0.923 bits per heavy atom. The normalized spacial score (nSPS) is 19.6. The Balaban J connectivity index is 1.74. The Morgan fingerprint density at radius 2 is 1.65 bits per heavy atom. The molecule has 3 heterocycles. The summed E-state index contributed by atoms with van der Waals surface area (Å²) in [5, 5.41) is 1.09. The highest BCUT2D eigenvalue weighted by Crippen LogP contribution is 2.46. The predicted molar refractivity (Wildman–Crippen MR) is 105 cm³/mol. The van der Waals surface area contributed by atoms with E-state index < -0.39 is 7.12 Å². The molecular weight excluding hydrogens is 343 g/mol. The average Bonchev–Trinajstić information content (AvgIpc) is 2.83. The maximum Gasteiger partial charge on any atom is 0.496 e. The first kappa shape index (κ1) is 16.3. The van der Waals surface area contributed by atoms with Crippen molar-refractivity contribution >= 4 is 35.2 Å². The van der Waals surface area contributed by atoms with Crippen molar-refractivity contribution in [2.24, 2.45) is 0 Å². The van der Waals surface area contributed by atoms with Crippen molar-refractivity contribution < 1.29 is 9.31 Å². The maximum atomic E-state index is 6.32. The molecule has 0 aliphatic carbocycles. The average molecular weight is 362 g/mol. The van der Waals surface area contributed by atoms with Gasteiger partial charge in [-0.15, -0.1) is 0 Å². The van der Waals surface area contributed by atoms with Gasteiger partial charge in [-0.2, -0.15) is 0 Å². The number of nitrogens with zero attached hydrogens (tertiary/aromatic N) is 2. The number of benzene rings is 2. The first-order chi connectivity index (χ1) is 12.4. The number of rotatable bonds is 1. The van der Waals surface area contributed by atoms with E-state index in [1.54, 1.807) is 18.1 Å². The summed E-state index contributed by atoms with van der Waals surface area (Å²) < 4.78 is 12.6. The van der Waals surface area contributed by atoms with Gasteiger partial charge in [0.05, 0.1) is 22.4 Å². The Kier molecular flexibility index (Phi) is 3.33. The molecule has 0 atom stereocenters. The lowest BCUT2D eigenvalue weighted by atomic mass is 9.78. The van der Waals surface area contributed by atoms with Crippen LogP contribution < -0.4 is 5.46 Å². The molecule has 2 aliphatic heterocycles. The van der Waals surface area contributed by atoms with Gasteiger partial charge in [0, 0.05) is 20.7 Å². The molecule has 2 aromatic carbocycles. The van der Waals surface area contributed by atoms with E-state index in [9.17, 15) is 0 Å². The van der Waals surface area contributed by atoms with Gasteiger partial charge >= 0.3 is 7.12 Å². The minimum absolute atomic E-state index is 0.368. The van der Waals surface area contributed by atoms with Gasteiger partial charge in [0.15, 0.2) is 0 Å². The third kappa shape index (κ3) is 2.19. The lowest BCUT2D eigenvalue weighted by molar-refractivity contribution is 0.00578. The second kappa shape index (κ2) is 5.32. The molecule has 1 fully saturated rings. The summed E-state index contributed by atoms with van der Waals surface area (Å²) in [5.74, 6) is 0.